The molecule has 1 N–H and O–H groups in total. The van der Waals surface area contributed by atoms with Crippen molar-refractivity contribution in [2.45, 2.75) is 255 Å². The summed E-state index contributed by atoms with van der Waals surface area (Å²) in [5, 5.41) is 2.07. The van der Waals surface area contributed by atoms with Crippen molar-refractivity contribution >= 4 is 77.5 Å². The fourth-order valence-corrected chi connectivity index (χ4v) is 10.2. The van der Waals surface area contributed by atoms with Crippen molar-refractivity contribution in [1.82, 2.24) is 5.32 Å². The van der Waals surface area contributed by atoms with E-state index in [4.69, 9.17) is 85.3 Å². The van der Waals surface area contributed by atoms with E-state index in [1.165, 1.54) is 0 Å². The molecule has 0 bridgehead atoms. The number of halogens is 12. The molecule has 588 valence electrons. The van der Waals surface area contributed by atoms with Crippen molar-refractivity contribution in [3.8, 4) is 0 Å². The Labute approximate surface area is 577 Å². The average Bonchev–Trinajstić information content (AvgIpc) is 0.710. The summed E-state index contributed by atoms with van der Waals surface area (Å²) >= 11 is 0. The molecule has 32 nitrogen and oxygen atoms in total. The summed E-state index contributed by atoms with van der Waals surface area (Å²) in [4.78, 5) is 167. The zero-order valence-electron chi connectivity index (χ0n) is 57.1. The van der Waals surface area contributed by atoms with Crippen LogP contribution in [0.3, 0.4) is 0 Å². The lowest BCUT2D eigenvalue weighted by atomic mass is 9.88. The maximum Gasteiger partial charge on any atom is 0.384 e. The molecule has 0 radical (unpaired) electrons. The lowest BCUT2D eigenvalue weighted by Gasteiger charge is -2.47. The minimum absolute atomic E-state index is 0.655. The smallest absolute Gasteiger partial charge is 0.384 e. The van der Waals surface area contributed by atoms with Gasteiger partial charge in [0.15, 0.2) is 73.8 Å². The Hall–Kier alpha value is -7.97. The van der Waals surface area contributed by atoms with Crippen molar-refractivity contribution in [1.29, 1.82) is 0 Å². The normalized spacial score (nSPS) is 25.6. The molecule has 3 rings (SSSR count). The molecular weight excluding hydrogens is 1450 g/mol. The average molecular weight is 1520 g/mol. The number of carbonyl (C=O) groups excluding carboxylic acids is 13. The van der Waals surface area contributed by atoms with Crippen LogP contribution in [0.4, 0.5) is 52.7 Å². The van der Waals surface area contributed by atoms with Crippen LogP contribution < -0.4 is 5.32 Å². The van der Waals surface area contributed by atoms with Crippen LogP contribution in [0, 0.1) is 0 Å². The standard InChI is InChI=1S/C59H77F12NO31/c1-14-17-54(60,61)56(64,65)58(68,69)59(70,71)57(66,67)55(62,63)18-15-16-40(85)72-53(22-89-50-47(98-34(11)82)44(95-31(8)79)41(92-28(5)76)37(101-50)19-86-25(2)73,23-90-51-48(99-35(12)83)45(96-32(9)80)42(93-29(6)77)38(102-51)20-87-26(3)74)24-91-52-49(100-36(13)84)46(97-33(10)81)43(94-30(7)78)39(103-52)21-88-27(4)75/h37-39,41-52H,14-24H2,1-13H3,(H,72,85)/t37-,38-,39-,41-,42-,43-,44+,45+,46+,47-,48-,49-,50-,51-,52-/m1/s1. The highest BCUT2D eigenvalue weighted by molar-refractivity contribution is 5.77. The van der Waals surface area contributed by atoms with Gasteiger partial charge in [-0.2, -0.15) is 52.7 Å². The molecule has 15 atom stereocenters. The van der Waals surface area contributed by atoms with E-state index in [0.717, 1.165) is 83.1 Å². The maximum atomic E-state index is 15.6. The van der Waals surface area contributed by atoms with Gasteiger partial charge in [0.05, 0.1) is 19.8 Å². The molecule has 0 spiro atoms. The first kappa shape index (κ1) is 89.2. The minimum Gasteiger partial charge on any atom is -0.463 e. The van der Waals surface area contributed by atoms with Crippen molar-refractivity contribution in [3.63, 3.8) is 0 Å². The number of hydrogen-bond acceptors (Lipinski definition) is 31. The molecule has 1 amide bonds. The summed E-state index contributed by atoms with van der Waals surface area (Å²) in [6.45, 7) is 2.31. The Morgan fingerprint density at radius 3 is 0.786 bits per heavy atom. The predicted molar refractivity (Wildman–Crippen MR) is 303 cm³/mol. The van der Waals surface area contributed by atoms with Gasteiger partial charge >= 0.3 is 107 Å². The molecule has 44 heteroatoms. The van der Waals surface area contributed by atoms with Gasteiger partial charge in [0.25, 0.3) is 0 Å². The van der Waals surface area contributed by atoms with Crippen LogP contribution in [0.2, 0.25) is 0 Å². The van der Waals surface area contributed by atoms with E-state index in [1.54, 1.807) is 0 Å². The lowest BCUT2D eigenvalue weighted by Crippen LogP contribution is -2.70. The predicted octanol–water partition coefficient (Wildman–Crippen LogP) is 3.92. The summed E-state index contributed by atoms with van der Waals surface area (Å²) in [6.07, 6.45) is -42.4. The second-order valence-electron chi connectivity index (χ2n) is 23.3. The van der Waals surface area contributed by atoms with E-state index in [0.29, 0.717) is 6.92 Å². The minimum atomic E-state index is -8.05. The van der Waals surface area contributed by atoms with Gasteiger partial charge in [0.2, 0.25) is 5.91 Å². The second kappa shape index (κ2) is 37.1. The third kappa shape index (κ3) is 24.0. The molecule has 103 heavy (non-hydrogen) atoms. The molecule has 0 aromatic carbocycles. The Balaban J connectivity index is 2.59. The van der Waals surface area contributed by atoms with Gasteiger partial charge in [-0.1, -0.05) is 13.3 Å². The van der Waals surface area contributed by atoms with E-state index in [-0.39, 0.29) is 0 Å². The summed E-state index contributed by atoms with van der Waals surface area (Å²) in [7, 11) is 0. The SMILES string of the molecule is CCCC(F)(F)C(F)(F)C(F)(F)C(F)(F)C(F)(F)C(F)(F)CCCC(=O)NC(CO[C@@H]1O[C@H](COC(C)=O)[C@@H](OC(C)=O)[C@H](OC(C)=O)[C@H]1OC(C)=O)(CO[C@@H]1O[C@H](COC(C)=O)[C@@H](OC(C)=O)[C@H](OC(C)=O)[C@H]1OC(C)=O)CO[C@@H]1O[C@H](COC(C)=O)[C@@H](OC(C)=O)[C@H](OC(C)=O)[C@H]1OC(C)=O. The second-order valence-corrected chi connectivity index (χ2v) is 23.3. The van der Waals surface area contributed by atoms with Crippen LogP contribution in [0.5, 0.6) is 0 Å². The fourth-order valence-electron chi connectivity index (χ4n) is 10.2. The zero-order chi connectivity index (χ0) is 78.9. The Morgan fingerprint density at radius 1 is 0.320 bits per heavy atom. The molecule has 0 unspecified atom stereocenters. The fraction of sp³-hybridized carbons (Fsp3) is 0.780. The number of ether oxygens (including phenoxy) is 18. The molecule has 3 heterocycles. The molecular formula is C59H77F12NO31. The summed E-state index contributed by atoms with van der Waals surface area (Å²) < 4.78 is 280. The molecule has 3 aliphatic rings. The first-order valence-electron chi connectivity index (χ1n) is 30.6. The maximum absolute atomic E-state index is 15.6. The van der Waals surface area contributed by atoms with Gasteiger partial charge < -0.3 is 90.6 Å². The van der Waals surface area contributed by atoms with Gasteiger partial charge in [-0.3, -0.25) is 62.3 Å². The quantitative estimate of drug-likeness (QED) is 0.0527. The molecule has 0 aromatic rings. The number of carbonyl (C=O) groups is 13. The van der Waals surface area contributed by atoms with Crippen LogP contribution in [0.25, 0.3) is 0 Å². The molecule has 3 saturated heterocycles. The topological polar surface area (TPSA) is 400 Å². The van der Waals surface area contributed by atoms with Crippen molar-refractivity contribution in [3.05, 3.63) is 0 Å². The number of nitrogens with one attached hydrogen (secondary N) is 1. The van der Waals surface area contributed by atoms with E-state index in [9.17, 15) is 88.7 Å². The number of alkyl halides is 12. The lowest BCUT2D eigenvalue weighted by molar-refractivity contribution is -0.425. The molecule has 0 saturated carbocycles. The largest absolute Gasteiger partial charge is 0.463 e. The molecule has 0 aliphatic carbocycles. The Bertz CT molecular complexity index is 2800. The summed E-state index contributed by atoms with van der Waals surface area (Å²) in [5.41, 5.74) is -3.12. The molecule has 3 fully saturated rings. The van der Waals surface area contributed by atoms with Gasteiger partial charge in [-0.05, 0) is 6.42 Å². The third-order valence-corrected chi connectivity index (χ3v) is 14.4. The van der Waals surface area contributed by atoms with E-state index >= 15 is 26.3 Å². The first-order valence-corrected chi connectivity index (χ1v) is 30.6. The highest BCUT2D eigenvalue weighted by Crippen LogP contribution is 2.61. The summed E-state index contributed by atoms with van der Waals surface area (Å²) in [5.74, 6) is -60.5. The van der Waals surface area contributed by atoms with Gasteiger partial charge in [0.1, 0.15) is 43.7 Å². The van der Waals surface area contributed by atoms with Crippen LogP contribution in [0.15, 0.2) is 0 Å². The van der Waals surface area contributed by atoms with Crippen molar-refractivity contribution < 1.29 is 200 Å². The first-order chi connectivity index (χ1) is 47.3. The van der Waals surface area contributed by atoms with E-state index in [2.05, 4.69) is 5.32 Å². The number of esters is 12. The molecule has 3 aliphatic heterocycles. The Morgan fingerprint density at radius 2 is 0.553 bits per heavy atom. The number of rotatable bonds is 36. The van der Waals surface area contributed by atoms with Gasteiger partial charge in [-0.25, -0.2) is 0 Å². The van der Waals surface area contributed by atoms with Crippen molar-refractivity contribution in [2.75, 3.05) is 39.6 Å². The van der Waals surface area contributed by atoms with Gasteiger partial charge in [-0.15, -0.1) is 0 Å². The van der Waals surface area contributed by atoms with Crippen molar-refractivity contribution in [2.24, 2.45) is 0 Å². The monoisotopic (exact) mass is 1520 g/mol. The molecule has 0 aromatic heterocycles. The van der Waals surface area contributed by atoms with Crippen LogP contribution >= 0.6 is 0 Å². The van der Waals surface area contributed by atoms with Crippen LogP contribution in [-0.4, -0.2) is 250 Å². The third-order valence-electron chi connectivity index (χ3n) is 14.4. The number of amides is 1. The summed E-state index contributed by atoms with van der Waals surface area (Å²) in [6, 6.07) is 0. The van der Waals surface area contributed by atoms with Crippen LogP contribution in [0.1, 0.15) is 122 Å². The highest BCUT2D eigenvalue weighted by Gasteiger charge is 2.89. The van der Waals surface area contributed by atoms with Gasteiger partial charge in [0, 0.05) is 102 Å². The van der Waals surface area contributed by atoms with Crippen LogP contribution in [-0.2, 0) is 148 Å². The highest BCUT2D eigenvalue weighted by atomic mass is 19.4. The zero-order valence-corrected chi connectivity index (χ0v) is 57.1. The van der Waals surface area contributed by atoms with E-state index in [1.807, 2.05) is 0 Å². The number of hydrogen-bond donors (Lipinski definition) is 1. The Kier molecular flexibility index (Phi) is 32.2. The van der Waals surface area contributed by atoms with E-state index < -0.39 is 282 Å².